The second-order valence-corrected chi connectivity index (χ2v) is 7.49. The SMILES string of the molecule is CCCCc1ccccc1OP(O)O.CCCCc1ccccc1OP(O)O. The van der Waals surface area contributed by atoms with Crippen LogP contribution in [0.1, 0.15) is 50.7 Å². The average molecular weight is 428 g/mol. The Morgan fingerprint density at radius 1 is 0.643 bits per heavy atom. The number of para-hydroxylation sites is 2. The summed E-state index contributed by atoms with van der Waals surface area (Å²) < 4.78 is 9.84. The highest BCUT2D eigenvalue weighted by atomic mass is 31.2. The Labute approximate surface area is 169 Å². The molecular formula is C20H30O6P2. The normalized spacial score (nSPS) is 10.6. The third-order valence-corrected chi connectivity index (χ3v) is 4.62. The van der Waals surface area contributed by atoms with Crippen LogP contribution in [-0.4, -0.2) is 19.6 Å². The van der Waals surface area contributed by atoms with E-state index in [1.54, 1.807) is 12.1 Å². The first-order chi connectivity index (χ1) is 13.5. The first-order valence-corrected chi connectivity index (χ1v) is 11.7. The summed E-state index contributed by atoms with van der Waals surface area (Å²) in [5, 5.41) is 0. The molecule has 0 bridgehead atoms. The maximum atomic E-state index is 8.75. The van der Waals surface area contributed by atoms with E-state index in [4.69, 9.17) is 28.6 Å². The first-order valence-electron chi connectivity index (χ1n) is 9.35. The molecule has 0 fully saturated rings. The van der Waals surface area contributed by atoms with Crippen molar-refractivity contribution in [3.8, 4) is 11.5 Å². The average Bonchev–Trinajstić information content (AvgIpc) is 2.66. The van der Waals surface area contributed by atoms with Crippen LogP contribution in [-0.2, 0) is 12.8 Å². The monoisotopic (exact) mass is 428 g/mol. The van der Waals surface area contributed by atoms with Gasteiger partial charge in [0, 0.05) is 0 Å². The molecule has 2 aromatic rings. The molecule has 156 valence electrons. The van der Waals surface area contributed by atoms with Gasteiger partial charge in [-0.15, -0.1) is 0 Å². The number of aryl methyl sites for hydroxylation is 2. The molecule has 2 rings (SSSR count). The Kier molecular flexibility index (Phi) is 13.0. The van der Waals surface area contributed by atoms with E-state index in [-0.39, 0.29) is 0 Å². The maximum absolute atomic E-state index is 8.75. The van der Waals surface area contributed by atoms with Crippen molar-refractivity contribution < 1.29 is 28.6 Å². The van der Waals surface area contributed by atoms with Crippen LogP contribution < -0.4 is 9.05 Å². The van der Waals surface area contributed by atoms with Gasteiger partial charge in [-0.1, -0.05) is 63.1 Å². The molecule has 2 aromatic carbocycles. The summed E-state index contributed by atoms with van der Waals surface area (Å²) in [6.07, 6.45) is 6.21. The van der Waals surface area contributed by atoms with Gasteiger partial charge in [0.05, 0.1) is 0 Å². The second-order valence-electron chi connectivity index (χ2n) is 6.11. The molecule has 4 N–H and O–H groups in total. The smallest absolute Gasteiger partial charge is 0.391 e. The summed E-state index contributed by atoms with van der Waals surface area (Å²) >= 11 is 0. The lowest BCUT2D eigenvalue weighted by Gasteiger charge is -2.10. The number of rotatable bonds is 10. The molecule has 0 atom stereocenters. The van der Waals surface area contributed by atoms with Crippen molar-refractivity contribution in [3.05, 3.63) is 59.7 Å². The number of hydrogen-bond donors (Lipinski definition) is 4. The molecule has 0 aliphatic heterocycles. The third-order valence-electron chi connectivity index (χ3n) is 3.90. The van der Waals surface area contributed by atoms with Crippen molar-refractivity contribution in [1.29, 1.82) is 0 Å². The zero-order valence-electron chi connectivity index (χ0n) is 16.4. The highest BCUT2D eigenvalue weighted by Crippen LogP contribution is 2.32. The molecule has 0 saturated carbocycles. The Morgan fingerprint density at radius 3 is 1.32 bits per heavy atom. The minimum Gasteiger partial charge on any atom is -0.427 e. The summed E-state index contributed by atoms with van der Waals surface area (Å²) in [5.41, 5.74) is 2.06. The molecule has 0 radical (unpaired) electrons. The highest BCUT2D eigenvalue weighted by molar-refractivity contribution is 7.40. The van der Waals surface area contributed by atoms with E-state index in [0.717, 1.165) is 49.7 Å². The molecule has 0 saturated heterocycles. The number of hydrogen-bond acceptors (Lipinski definition) is 6. The van der Waals surface area contributed by atoms with Gasteiger partial charge in [0.15, 0.2) is 0 Å². The summed E-state index contributed by atoms with van der Waals surface area (Å²) in [4.78, 5) is 35.0. The van der Waals surface area contributed by atoms with E-state index in [9.17, 15) is 0 Å². The van der Waals surface area contributed by atoms with Crippen LogP contribution in [0.5, 0.6) is 11.5 Å². The van der Waals surface area contributed by atoms with Crippen LogP contribution >= 0.6 is 17.2 Å². The third kappa shape index (κ3) is 10.3. The topological polar surface area (TPSA) is 99.4 Å². The standard InChI is InChI=1S/2C10H15O3P/c2*1-2-3-6-9-7-4-5-8-10(9)13-14(11)12/h2*4-5,7-8,11-12H,2-3,6H2,1H3. The molecule has 0 aliphatic carbocycles. The van der Waals surface area contributed by atoms with E-state index in [0.29, 0.717) is 11.5 Å². The molecule has 0 unspecified atom stereocenters. The fourth-order valence-corrected chi connectivity index (χ4v) is 3.22. The fraction of sp³-hybridized carbons (Fsp3) is 0.400. The van der Waals surface area contributed by atoms with Gasteiger partial charge in [0.1, 0.15) is 11.5 Å². The molecule has 0 spiro atoms. The molecule has 28 heavy (non-hydrogen) atoms. The zero-order chi connectivity index (χ0) is 20.8. The maximum Gasteiger partial charge on any atom is 0.391 e. The summed E-state index contributed by atoms with van der Waals surface area (Å²) in [7, 11) is -4.62. The zero-order valence-corrected chi connectivity index (χ0v) is 18.2. The van der Waals surface area contributed by atoms with Gasteiger partial charge in [-0.05, 0) is 48.9 Å². The van der Waals surface area contributed by atoms with Crippen molar-refractivity contribution in [2.24, 2.45) is 0 Å². The van der Waals surface area contributed by atoms with Gasteiger partial charge >= 0.3 is 17.2 Å². The van der Waals surface area contributed by atoms with Crippen LogP contribution in [0, 0.1) is 0 Å². The van der Waals surface area contributed by atoms with Gasteiger partial charge in [-0.25, -0.2) is 0 Å². The van der Waals surface area contributed by atoms with Crippen LogP contribution in [0.3, 0.4) is 0 Å². The van der Waals surface area contributed by atoms with Crippen LogP contribution in [0.4, 0.5) is 0 Å². The lowest BCUT2D eigenvalue weighted by Crippen LogP contribution is -1.92. The van der Waals surface area contributed by atoms with E-state index in [1.165, 1.54) is 0 Å². The van der Waals surface area contributed by atoms with Gasteiger partial charge in [0.25, 0.3) is 0 Å². The minimum absolute atomic E-state index is 0.581. The van der Waals surface area contributed by atoms with Gasteiger partial charge < -0.3 is 28.6 Å². The lowest BCUT2D eigenvalue weighted by atomic mass is 10.1. The molecule has 0 amide bonds. The van der Waals surface area contributed by atoms with E-state index in [1.807, 2.05) is 36.4 Å². The molecule has 8 heteroatoms. The van der Waals surface area contributed by atoms with Crippen LogP contribution in [0.25, 0.3) is 0 Å². The predicted molar refractivity (Wildman–Crippen MR) is 114 cm³/mol. The Balaban J connectivity index is 0.000000280. The quantitative estimate of drug-likeness (QED) is 0.386. The molecule has 0 aliphatic rings. The van der Waals surface area contributed by atoms with Crippen LogP contribution in [0.2, 0.25) is 0 Å². The number of benzene rings is 2. The molecular weight excluding hydrogens is 398 g/mol. The van der Waals surface area contributed by atoms with Gasteiger partial charge in [-0.3, -0.25) is 0 Å². The molecule has 0 heterocycles. The van der Waals surface area contributed by atoms with Crippen molar-refractivity contribution in [2.75, 3.05) is 0 Å². The molecule has 6 nitrogen and oxygen atoms in total. The van der Waals surface area contributed by atoms with Gasteiger partial charge in [0.2, 0.25) is 0 Å². The van der Waals surface area contributed by atoms with Crippen molar-refractivity contribution in [2.45, 2.75) is 52.4 Å². The lowest BCUT2D eigenvalue weighted by molar-refractivity contribution is 0.371. The fourth-order valence-electron chi connectivity index (χ4n) is 2.51. The Hall–Kier alpha value is -1.26. The Bertz CT molecular complexity index is 609. The van der Waals surface area contributed by atoms with E-state index < -0.39 is 17.2 Å². The van der Waals surface area contributed by atoms with E-state index >= 15 is 0 Å². The summed E-state index contributed by atoms with van der Waals surface area (Å²) in [6.45, 7) is 4.24. The largest absolute Gasteiger partial charge is 0.427 e. The predicted octanol–water partition coefficient (Wildman–Crippen LogP) is 5.24. The number of unbranched alkanes of at least 4 members (excludes halogenated alkanes) is 2. The summed E-state index contributed by atoms with van der Waals surface area (Å²) in [5.74, 6) is 1.16. The summed E-state index contributed by atoms with van der Waals surface area (Å²) in [6, 6.07) is 14.9. The second kappa shape index (κ2) is 14.7. The molecule has 0 aromatic heterocycles. The van der Waals surface area contributed by atoms with Crippen molar-refractivity contribution in [1.82, 2.24) is 0 Å². The van der Waals surface area contributed by atoms with Gasteiger partial charge in [-0.2, -0.15) is 0 Å². The first kappa shape index (κ1) is 24.8. The minimum atomic E-state index is -2.31. The Morgan fingerprint density at radius 2 is 1.00 bits per heavy atom. The van der Waals surface area contributed by atoms with E-state index in [2.05, 4.69) is 13.8 Å². The van der Waals surface area contributed by atoms with Crippen molar-refractivity contribution in [3.63, 3.8) is 0 Å². The highest BCUT2D eigenvalue weighted by Gasteiger charge is 2.08. The van der Waals surface area contributed by atoms with Crippen molar-refractivity contribution >= 4 is 17.2 Å². The van der Waals surface area contributed by atoms with Crippen LogP contribution in [0.15, 0.2) is 48.5 Å².